The second-order valence-corrected chi connectivity index (χ2v) is 5.73. The minimum atomic E-state index is -0.190. The molecular formula is C21H19Cl2FO2. The summed E-state index contributed by atoms with van der Waals surface area (Å²) >= 11 is 12.0. The lowest BCUT2D eigenvalue weighted by Crippen LogP contribution is -2.02. The van der Waals surface area contributed by atoms with Crippen LogP contribution in [-0.4, -0.2) is 13.0 Å². The second-order valence-electron chi connectivity index (χ2n) is 4.88. The van der Waals surface area contributed by atoms with Crippen LogP contribution in [0.4, 0.5) is 4.39 Å². The van der Waals surface area contributed by atoms with Gasteiger partial charge in [0, 0.05) is 16.1 Å². The minimum absolute atomic E-state index is 0.190. The van der Waals surface area contributed by atoms with Crippen LogP contribution in [0, 0.1) is 0 Å². The van der Waals surface area contributed by atoms with Gasteiger partial charge in [-0.2, -0.15) is 0 Å². The average Bonchev–Trinajstić information content (AvgIpc) is 2.66. The quantitative estimate of drug-likeness (QED) is 0.305. The van der Waals surface area contributed by atoms with Crippen molar-refractivity contribution in [2.45, 2.75) is 6.92 Å². The number of allylic oxidation sites excluding steroid dienone is 4. The van der Waals surface area contributed by atoms with Crippen LogP contribution in [0.25, 0.3) is 0 Å². The first kappa shape index (κ1) is 21.7. The van der Waals surface area contributed by atoms with Gasteiger partial charge in [0.1, 0.15) is 11.5 Å². The van der Waals surface area contributed by atoms with Crippen LogP contribution >= 0.6 is 23.2 Å². The molecule has 0 amide bonds. The molecule has 0 radical (unpaired) electrons. The molecule has 0 aliphatic heterocycles. The topological polar surface area (TPSA) is 26.3 Å². The van der Waals surface area contributed by atoms with E-state index in [1.807, 2.05) is 19.1 Å². The summed E-state index contributed by atoms with van der Waals surface area (Å²) in [7, 11) is 0.500. The Hall–Kier alpha value is -2.36. The van der Waals surface area contributed by atoms with Gasteiger partial charge in [-0.25, -0.2) is 0 Å². The van der Waals surface area contributed by atoms with Gasteiger partial charge in [0.05, 0.1) is 12.2 Å². The monoisotopic (exact) mass is 392 g/mol. The van der Waals surface area contributed by atoms with E-state index in [9.17, 15) is 9.18 Å². The van der Waals surface area contributed by atoms with E-state index in [2.05, 4.69) is 6.58 Å². The molecule has 0 bridgehead atoms. The fraction of sp³-hybridized carbons (Fsp3) is 0.0952. The highest BCUT2D eigenvalue weighted by molar-refractivity contribution is 6.36. The Kier molecular flexibility index (Phi) is 9.42. The zero-order valence-corrected chi connectivity index (χ0v) is 16.0. The Morgan fingerprint density at radius 2 is 1.77 bits per heavy atom. The highest BCUT2D eigenvalue weighted by atomic mass is 35.5. The molecule has 0 aliphatic carbocycles. The Morgan fingerprint density at radius 3 is 2.35 bits per heavy atom. The molecule has 5 heteroatoms. The zero-order chi connectivity index (χ0) is 19.5. The first-order chi connectivity index (χ1) is 12.5. The van der Waals surface area contributed by atoms with Gasteiger partial charge in [-0.05, 0) is 61.5 Å². The number of carbonyl (C=O) groups excluding carboxylic acids is 1. The van der Waals surface area contributed by atoms with Gasteiger partial charge in [0.15, 0.2) is 5.78 Å². The molecule has 2 nitrogen and oxygen atoms in total. The third kappa shape index (κ3) is 6.17. The van der Waals surface area contributed by atoms with Crippen LogP contribution in [-0.2, 0) is 0 Å². The number of carbonyl (C=O) groups is 1. The van der Waals surface area contributed by atoms with E-state index in [1.165, 1.54) is 0 Å². The van der Waals surface area contributed by atoms with Crippen molar-refractivity contribution in [1.82, 2.24) is 0 Å². The number of benzene rings is 2. The third-order valence-electron chi connectivity index (χ3n) is 3.14. The predicted molar refractivity (Wildman–Crippen MR) is 107 cm³/mol. The van der Waals surface area contributed by atoms with Crippen molar-refractivity contribution in [2.24, 2.45) is 0 Å². The number of ether oxygens (including phenoxy) is 1. The van der Waals surface area contributed by atoms with Crippen molar-refractivity contribution in [2.75, 3.05) is 7.18 Å². The number of hydrogen-bond acceptors (Lipinski definition) is 2. The van der Waals surface area contributed by atoms with Crippen molar-refractivity contribution in [3.05, 3.63) is 100 Å². The molecule has 0 aliphatic rings. The summed E-state index contributed by atoms with van der Waals surface area (Å²) < 4.78 is 15.2. The predicted octanol–water partition coefficient (Wildman–Crippen LogP) is 6.83. The van der Waals surface area contributed by atoms with E-state index < -0.39 is 0 Å². The average molecular weight is 393 g/mol. The molecular weight excluding hydrogens is 374 g/mol. The van der Waals surface area contributed by atoms with Crippen LogP contribution in [0.1, 0.15) is 22.8 Å². The van der Waals surface area contributed by atoms with Crippen molar-refractivity contribution in [1.29, 1.82) is 0 Å². The van der Waals surface area contributed by atoms with E-state index in [-0.39, 0.29) is 5.78 Å². The molecule has 136 valence electrons. The van der Waals surface area contributed by atoms with Crippen LogP contribution in [0.15, 0.2) is 79.1 Å². The molecule has 2 aromatic carbocycles. The number of ketones is 1. The maximum Gasteiger partial charge on any atom is 0.194 e. The van der Waals surface area contributed by atoms with Crippen LogP contribution in [0.2, 0.25) is 10.0 Å². The Balaban J connectivity index is 0.00000163. The summed E-state index contributed by atoms with van der Waals surface area (Å²) in [6.45, 7) is 5.55. The van der Waals surface area contributed by atoms with E-state index in [0.29, 0.717) is 39.9 Å². The summed E-state index contributed by atoms with van der Waals surface area (Å²) in [6.07, 6.45) is 7.10. The molecule has 2 aromatic rings. The first-order valence-electron chi connectivity index (χ1n) is 7.66. The van der Waals surface area contributed by atoms with E-state index in [4.69, 9.17) is 27.9 Å². The molecule has 0 heterocycles. The van der Waals surface area contributed by atoms with Crippen molar-refractivity contribution in [3.8, 4) is 5.75 Å². The molecule has 0 unspecified atom stereocenters. The SMILES string of the molecule is C=C/C=C(\C=C/C)Oc1ccc(C(=O)c2cc(Cl)ccc2Cl)cc1.CF. The van der Waals surface area contributed by atoms with Crippen LogP contribution < -0.4 is 4.74 Å². The Bertz CT molecular complexity index is 809. The highest BCUT2D eigenvalue weighted by Gasteiger charge is 2.13. The number of hydrogen-bond donors (Lipinski definition) is 0. The van der Waals surface area contributed by atoms with E-state index in [0.717, 1.165) is 0 Å². The smallest absolute Gasteiger partial charge is 0.194 e. The summed E-state index contributed by atoms with van der Waals surface area (Å²) in [5.41, 5.74) is 0.880. The molecule has 0 fully saturated rings. The van der Waals surface area contributed by atoms with Crippen LogP contribution in [0.5, 0.6) is 5.75 Å². The van der Waals surface area contributed by atoms with Gasteiger partial charge in [-0.3, -0.25) is 9.18 Å². The number of rotatable bonds is 6. The summed E-state index contributed by atoms with van der Waals surface area (Å²) in [6, 6.07) is 11.7. The molecule has 0 atom stereocenters. The van der Waals surface area contributed by atoms with Crippen LogP contribution in [0.3, 0.4) is 0 Å². The largest absolute Gasteiger partial charge is 0.457 e. The van der Waals surface area contributed by atoms with E-state index in [1.54, 1.807) is 54.6 Å². The highest BCUT2D eigenvalue weighted by Crippen LogP contribution is 2.24. The minimum Gasteiger partial charge on any atom is -0.457 e. The van der Waals surface area contributed by atoms with Gasteiger partial charge in [-0.15, -0.1) is 0 Å². The van der Waals surface area contributed by atoms with Gasteiger partial charge >= 0.3 is 0 Å². The molecule has 0 saturated heterocycles. The molecule has 2 rings (SSSR count). The van der Waals surface area contributed by atoms with Gasteiger partial charge in [0.25, 0.3) is 0 Å². The first-order valence-corrected chi connectivity index (χ1v) is 8.41. The summed E-state index contributed by atoms with van der Waals surface area (Å²) in [5, 5.41) is 0.835. The van der Waals surface area contributed by atoms with Gasteiger partial charge in [0.2, 0.25) is 0 Å². The lowest BCUT2D eigenvalue weighted by atomic mass is 10.0. The maximum atomic E-state index is 12.5. The van der Waals surface area contributed by atoms with Gasteiger partial charge in [-0.1, -0.05) is 41.9 Å². The number of halogens is 3. The third-order valence-corrected chi connectivity index (χ3v) is 3.70. The summed E-state index contributed by atoms with van der Waals surface area (Å²) in [4.78, 5) is 12.5. The fourth-order valence-electron chi connectivity index (χ4n) is 2.04. The lowest BCUT2D eigenvalue weighted by molar-refractivity contribution is 0.103. The Morgan fingerprint density at radius 1 is 1.12 bits per heavy atom. The van der Waals surface area contributed by atoms with E-state index >= 15 is 0 Å². The Labute approximate surface area is 163 Å². The fourth-order valence-corrected chi connectivity index (χ4v) is 2.42. The standard InChI is InChI=1S/C20H16Cl2O2.CH3F/c1-3-5-16(6-4-2)24-17-10-7-14(8-11-17)20(23)18-13-15(21)9-12-19(18)22;1-2/h3-13H,1H2,2H3;1H3/b6-4-,16-5+;. The molecule has 26 heavy (non-hydrogen) atoms. The normalized spacial score (nSPS) is 10.9. The zero-order valence-electron chi connectivity index (χ0n) is 14.5. The lowest BCUT2D eigenvalue weighted by Gasteiger charge is -2.08. The van der Waals surface area contributed by atoms with Crippen molar-refractivity contribution < 1.29 is 13.9 Å². The molecule has 0 aromatic heterocycles. The molecule has 0 saturated carbocycles. The molecule has 0 N–H and O–H groups in total. The second kappa shape index (κ2) is 11.3. The molecule has 0 spiro atoms. The summed E-state index contributed by atoms with van der Waals surface area (Å²) in [5.74, 6) is 1.09. The number of alkyl halides is 1. The van der Waals surface area contributed by atoms with Crippen molar-refractivity contribution >= 4 is 29.0 Å². The van der Waals surface area contributed by atoms with Crippen molar-refractivity contribution in [3.63, 3.8) is 0 Å². The van der Waals surface area contributed by atoms with Gasteiger partial charge < -0.3 is 4.74 Å². The maximum absolute atomic E-state index is 12.5.